The van der Waals surface area contributed by atoms with Gasteiger partial charge in [0.15, 0.2) is 0 Å². The minimum Gasteiger partial charge on any atom is -0.308 e. The van der Waals surface area contributed by atoms with Gasteiger partial charge in [-0.15, -0.1) is 0 Å². The van der Waals surface area contributed by atoms with Gasteiger partial charge in [-0.05, 0) is 42.7 Å². The Hall–Kier alpha value is -2.50. The van der Waals surface area contributed by atoms with Gasteiger partial charge in [-0.25, -0.2) is 9.07 Å². The van der Waals surface area contributed by atoms with Gasteiger partial charge in [0.1, 0.15) is 5.82 Å². The predicted octanol–water partition coefficient (Wildman–Crippen LogP) is 3.82. The number of nitrogens with one attached hydrogen (secondary N) is 1. The molecule has 0 unspecified atom stereocenters. The molecule has 0 saturated heterocycles. The summed E-state index contributed by atoms with van der Waals surface area (Å²) in [5, 5.41) is 8.60. The Bertz CT molecular complexity index is 962. The van der Waals surface area contributed by atoms with Crippen LogP contribution in [0.5, 0.6) is 0 Å². The first-order valence-electron chi connectivity index (χ1n) is 10.1. The number of nitrogens with zero attached hydrogens (tertiary/aromatic N) is 3. The molecule has 2 aliphatic rings. The molecule has 1 aromatic heterocycles. The lowest BCUT2D eigenvalue weighted by Crippen LogP contribution is -2.31. The lowest BCUT2D eigenvalue weighted by molar-refractivity contribution is 0.242. The van der Waals surface area contributed by atoms with Gasteiger partial charge in [-0.2, -0.15) is 5.10 Å². The molecule has 1 aliphatic heterocycles. The van der Waals surface area contributed by atoms with Crippen LogP contribution in [-0.4, -0.2) is 27.3 Å². The fourth-order valence-corrected chi connectivity index (χ4v) is 4.02. The van der Waals surface area contributed by atoms with E-state index in [0.29, 0.717) is 6.04 Å². The van der Waals surface area contributed by atoms with Gasteiger partial charge >= 0.3 is 0 Å². The Labute approximate surface area is 165 Å². The van der Waals surface area contributed by atoms with Crippen molar-refractivity contribution in [2.45, 2.75) is 44.9 Å². The van der Waals surface area contributed by atoms with Gasteiger partial charge in [0.2, 0.25) is 0 Å². The van der Waals surface area contributed by atoms with Crippen molar-refractivity contribution in [2.75, 3.05) is 6.54 Å². The van der Waals surface area contributed by atoms with Crippen LogP contribution >= 0.6 is 0 Å². The van der Waals surface area contributed by atoms with Crippen LogP contribution < -0.4 is 5.32 Å². The fraction of sp³-hybridized carbons (Fsp3) is 0.348. The van der Waals surface area contributed by atoms with Crippen LogP contribution in [0.3, 0.4) is 0 Å². The molecule has 1 fully saturated rings. The Balaban J connectivity index is 1.42. The van der Waals surface area contributed by atoms with Crippen LogP contribution in [0.2, 0.25) is 0 Å². The normalized spacial score (nSPS) is 16.9. The van der Waals surface area contributed by atoms with E-state index < -0.39 is 0 Å². The maximum Gasteiger partial charge on any atom is 0.123 e. The molecule has 0 amide bonds. The average Bonchev–Trinajstić information content (AvgIpc) is 3.48. The van der Waals surface area contributed by atoms with Gasteiger partial charge in [0.05, 0.1) is 17.1 Å². The van der Waals surface area contributed by atoms with Crippen molar-refractivity contribution in [1.29, 1.82) is 0 Å². The monoisotopic (exact) mass is 376 g/mol. The summed E-state index contributed by atoms with van der Waals surface area (Å²) < 4.78 is 15.7. The predicted molar refractivity (Wildman–Crippen MR) is 108 cm³/mol. The molecule has 5 heteroatoms. The molecule has 4 nitrogen and oxygen atoms in total. The van der Waals surface area contributed by atoms with E-state index in [1.165, 1.54) is 30.2 Å². The number of aromatic nitrogens is 2. The van der Waals surface area contributed by atoms with Crippen LogP contribution in [0.25, 0.3) is 5.69 Å². The summed E-state index contributed by atoms with van der Waals surface area (Å²) in [5.74, 6) is -0.165. The van der Waals surface area contributed by atoms with Gasteiger partial charge in [-0.1, -0.05) is 30.3 Å². The first kappa shape index (κ1) is 17.6. The summed E-state index contributed by atoms with van der Waals surface area (Å²) in [6.07, 6.45) is 3.50. The molecule has 0 bridgehead atoms. The van der Waals surface area contributed by atoms with Crippen molar-refractivity contribution < 1.29 is 4.39 Å². The maximum absolute atomic E-state index is 13.6. The minimum atomic E-state index is -0.165. The van der Waals surface area contributed by atoms with Crippen molar-refractivity contribution in [3.8, 4) is 5.69 Å². The number of rotatable bonds is 6. The largest absolute Gasteiger partial charge is 0.308 e. The summed E-state index contributed by atoms with van der Waals surface area (Å²) in [6, 6.07) is 18.0. The Morgan fingerprint density at radius 2 is 1.93 bits per heavy atom. The number of fused-ring (bicyclic) bond motifs is 1. The van der Waals surface area contributed by atoms with Crippen LogP contribution in [-0.2, 0) is 26.1 Å². The molecule has 0 spiro atoms. The summed E-state index contributed by atoms with van der Waals surface area (Å²) >= 11 is 0. The molecule has 0 radical (unpaired) electrons. The second kappa shape index (κ2) is 7.49. The van der Waals surface area contributed by atoms with Gasteiger partial charge in [0, 0.05) is 44.2 Å². The summed E-state index contributed by atoms with van der Waals surface area (Å²) in [5.41, 5.74) is 5.94. The highest BCUT2D eigenvalue weighted by atomic mass is 19.1. The third-order valence-electron chi connectivity index (χ3n) is 5.65. The molecule has 2 aromatic carbocycles. The molecule has 5 rings (SSSR count). The fourth-order valence-electron chi connectivity index (χ4n) is 4.02. The van der Waals surface area contributed by atoms with Gasteiger partial charge in [-0.3, -0.25) is 4.90 Å². The second-order valence-electron chi connectivity index (χ2n) is 7.87. The van der Waals surface area contributed by atoms with E-state index in [4.69, 9.17) is 5.10 Å². The van der Waals surface area contributed by atoms with Crippen molar-refractivity contribution in [3.05, 3.63) is 82.9 Å². The molecule has 1 aliphatic carbocycles. The lowest BCUT2D eigenvalue weighted by atomic mass is 10.0. The Morgan fingerprint density at radius 3 is 2.71 bits per heavy atom. The van der Waals surface area contributed by atoms with Crippen LogP contribution in [0.4, 0.5) is 4.39 Å². The van der Waals surface area contributed by atoms with Gasteiger partial charge in [0.25, 0.3) is 0 Å². The Morgan fingerprint density at radius 1 is 1.07 bits per heavy atom. The van der Waals surface area contributed by atoms with E-state index in [0.717, 1.165) is 49.5 Å². The van der Waals surface area contributed by atoms with Gasteiger partial charge < -0.3 is 5.32 Å². The van der Waals surface area contributed by atoms with Crippen molar-refractivity contribution in [1.82, 2.24) is 20.0 Å². The van der Waals surface area contributed by atoms with Crippen LogP contribution in [0.1, 0.15) is 35.4 Å². The van der Waals surface area contributed by atoms with E-state index in [1.54, 1.807) is 12.1 Å². The highest BCUT2D eigenvalue weighted by molar-refractivity contribution is 5.39. The SMILES string of the molecule is Fc1cccc(CN2CCc3c(c(CNC4CC4)nn3-c3ccccc3)C2)c1. The molecular formula is C23H25FN4. The Kier molecular flexibility index (Phi) is 4.71. The van der Waals surface area contributed by atoms with Crippen molar-refractivity contribution >= 4 is 0 Å². The summed E-state index contributed by atoms with van der Waals surface area (Å²) in [7, 11) is 0. The standard InChI is InChI=1S/C23H25FN4/c24-18-6-4-5-17(13-18)15-27-12-11-23-21(16-27)22(14-25-19-9-10-19)26-28(23)20-7-2-1-3-8-20/h1-8,13,19,25H,9-12,14-16H2. The molecule has 144 valence electrons. The molecule has 1 N–H and O–H groups in total. The quantitative estimate of drug-likeness (QED) is 0.710. The second-order valence-corrected chi connectivity index (χ2v) is 7.87. The van der Waals surface area contributed by atoms with Crippen molar-refractivity contribution in [3.63, 3.8) is 0 Å². The zero-order valence-corrected chi connectivity index (χ0v) is 15.9. The number of hydrogen-bond donors (Lipinski definition) is 1. The highest BCUT2D eigenvalue weighted by Gasteiger charge is 2.27. The molecule has 1 saturated carbocycles. The van der Waals surface area contributed by atoms with Crippen LogP contribution in [0.15, 0.2) is 54.6 Å². The zero-order chi connectivity index (χ0) is 18.9. The van der Waals surface area contributed by atoms with E-state index in [9.17, 15) is 4.39 Å². The number of hydrogen-bond acceptors (Lipinski definition) is 3. The van der Waals surface area contributed by atoms with Crippen LogP contribution in [0, 0.1) is 5.82 Å². The first-order chi connectivity index (χ1) is 13.8. The first-order valence-corrected chi connectivity index (χ1v) is 10.1. The third-order valence-corrected chi connectivity index (χ3v) is 5.65. The molecule has 0 atom stereocenters. The number of halogens is 1. The average molecular weight is 376 g/mol. The minimum absolute atomic E-state index is 0.165. The van der Waals surface area contributed by atoms with E-state index in [1.807, 2.05) is 12.1 Å². The highest BCUT2D eigenvalue weighted by Crippen LogP contribution is 2.27. The van der Waals surface area contributed by atoms with E-state index in [2.05, 4.69) is 39.2 Å². The molecule has 28 heavy (non-hydrogen) atoms. The maximum atomic E-state index is 13.6. The molecule has 2 heterocycles. The molecular weight excluding hydrogens is 351 g/mol. The topological polar surface area (TPSA) is 33.1 Å². The summed E-state index contributed by atoms with van der Waals surface area (Å²) in [6.45, 7) is 3.40. The summed E-state index contributed by atoms with van der Waals surface area (Å²) in [4.78, 5) is 2.40. The number of benzene rings is 2. The zero-order valence-electron chi connectivity index (χ0n) is 15.9. The molecule has 3 aromatic rings. The van der Waals surface area contributed by atoms with E-state index >= 15 is 0 Å². The van der Waals surface area contributed by atoms with E-state index in [-0.39, 0.29) is 5.82 Å². The third kappa shape index (κ3) is 3.73. The lowest BCUT2D eigenvalue weighted by Gasteiger charge is -2.28. The van der Waals surface area contributed by atoms with Crippen molar-refractivity contribution in [2.24, 2.45) is 0 Å². The number of para-hydroxylation sites is 1. The smallest absolute Gasteiger partial charge is 0.123 e.